The van der Waals surface area contributed by atoms with Gasteiger partial charge in [0.2, 0.25) is 16.6 Å². The summed E-state index contributed by atoms with van der Waals surface area (Å²) in [6.45, 7) is 30.2. The molecule has 0 aliphatic rings. The van der Waals surface area contributed by atoms with Crippen LogP contribution < -0.4 is 0 Å². The maximum absolute atomic E-state index is 13.4. The minimum atomic E-state index is -2.18. The van der Waals surface area contributed by atoms with Gasteiger partial charge in [-0.25, -0.2) is 0 Å². The van der Waals surface area contributed by atoms with E-state index in [-0.39, 0.29) is 12.4 Å². The van der Waals surface area contributed by atoms with Gasteiger partial charge in [-0.3, -0.25) is 9.59 Å². The van der Waals surface area contributed by atoms with E-state index in [0.717, 1.165) is 0 Å². The Morgan fingerprint density at radius 3 is 1.27 bits per heavy atom. The average Bonchev–Trinajstić information content (AvgIpc) is 2.42. The lowest BCUT2D eigenvalue weighted by atomic mass is 10.1. The molecule has 0 aliphatic heterocycles. The van der Waals surface area contributed by atoms with Gasteiger partial charge in [-0.2, -0.15) is 0 Å². The Morgan fingerprint density at radius 2 is 0.939 bits per heavy atom. The van der Waals surface area contributed by atoms with Gasteiger partial charge in [0.25, 0.3) is 5.97 Å². The predicted molar refractivity (Wildman–Crippen MR) is 148 cm³/mol. The van der Waals surface area contributed by atoms with Crippen LogP contribution in [-0.4, -0.2) is 71.8 Å². The van der Waals surface area contributed by atoms with Crippen LogP contribution in [-0.2, 0) is 31.7 Å². The van der Waals surface area contributed by atoms with E-state index >= 15 is 0 Å². The summed E-state index contributed by atoms with van der Waals surface area (Å²) in [5.41, 5.74) is 0. The number of hydrogen-bond acceptors (Lipinski definition) is 7. The molecule has 0 aromatic carbocycles. The van der Waals surface area contributed by atoms with Gasteiger partial charge in [0.15, 0.2) is 31.1 Å². The zero-order valence-electron chi connectivity index (χ0n) is 23.8. The summed E-state index contributed by atoms with van der Waals surface area (Å²) in [7, 11) is -10.7. The summed E-state index contributed by atoms with van der Waals surface area (Å²) in [6, 6.07) is 0. The molecule has 0 unspecified atom stereocenters. The van der Waals surface area contributed by atoms with E-state index in [1.54, 1.807) is 0 Å². The molecule has 0 bridgehead atoms. The second-order valence-electron chi connectivity index (χ2n) is 13.4. The van der Waals surface area contributed by atoms with Crippen molar-refractivity contribution in [3.63, 3.8) is 0 Å². The summed E-state index contributed by atoms with van der Waals surface area (Å²) in [5, 5.41) is 0. The van der Waals surface area contributed by atoms with Gasteiger partial charge in [0, 0.05) is 0 Å². The van der Waals surface area contributed by atoms with Gasteiger partial charge in [-0.15, -0.1) is 0 Å². The van der Waals surface area contributed by atoms with E-state index in [4.69, 9.17) is 22.1 Å². The van der Waals surface area contributed by atoms with Crippen molar-refractivity contribution < 1.29 is 31.7 Å². The molecule has 0 N–H and O–H groups in total. The van der Waals surface area contributed by atoms with Gasteiger partial charge >= 0.3 is 5.97 Å². The van der Waals surface area contributed by atoms with Crippen molar-refractivity contribution in [1.82, 2.24) is 0 Å². The van der Waals surface area contributed by atoms with Crippen molar-refractivity contribution in [2.24, 2.45) is 0 Å². The van der Waals surface area contributed by atoms with Crippen LogP contribution in [0.4, 0.5) is 0 Å². The average molecular weight is 555 g/mol. The molecule has 0 aliphatic carbocycles. The Hall–Kier alpha value is -0.0956. The van der Waals surface area contributed by atoms with Crippen molar-refractivity contribution >= 4 is 53.5 Å². The second-order valence-corrected chi connectivity index (χ2v) is 35.7. The Morgan fingerprint density at radius 1 is 0.545 bits per heavy atom. The molecule has 0 heterocycles. The lowest BCUT2D eigenvalue weighted by Gasteiger charge is -2.41. The summed E-state index contributed by atoms with van der Waals surface area (Å²) in [5.74, 6) is -0.755. The summed E-state index contributed by atoms with van der Waals surface area (Å²) >= 11 is 0. The summed E-state index contributed by atoms with van der Waals surface area (Å²) in [4.78, 5) is 26.3. The molecule has 0 rings (SSSR count). The van der Waals surface area contributed by atoms with Gasteiger partial charge in [0.1, 0.15) is 6.10 Å². The van der Waals surface area contributed by atoms with E-state index in [1.807, 2.05) is 58.9 Å². The largest absolute Gasteiger partial charge is 0.520 e. The molecule has 0 radical (unpaired) electrons. The third-order valence-electron chi connectivity index (χ3n) is 3.57. The Kier molecular flexibility index (Phi) is 11.7. The van der Waals surface area contributed by atoms with Crippen LogP contribution in [0.25, 0.3) is 0 Å². The van der Waals surface area contributed by atoms with Crippen LogP contribution in [0.3, 0.4) is 0 Å². The highest BCUT2D eigenvalue weighted by atomic mass is 28.4. The Balaban J connectivity index is 6.48. The lowest BCUT2D eigenvalue weighted by Crippen LogP contribution is -2.57. The van der Waals surface area contributed by atoms with Crippen molar-refractivity contribution in [3.05, 3.63) is 0 Å². The number of rotatable bonds is 13. The molecule has 0 spiro atoms. The van der Waals surface area contributed by atoms with Crippen LogP contribution in [0.1, 0.15) is 6.42 Å². The zero-order valence-corrected chi connectivity index (χ0v) is 28.8. The fourth-order valence-electron chi connectivity index (χ4n) is 2.96. The fraction of sp³-hybridized carbons (Fsp3) is 0.905. The Bertz CT molecular complexity index is 652. The fourth-order valence-corrected chi connectivity index (χ4v) is 7.65. The minimum Gasteiger partial charge on any atom is -0.520 e. The van der Waals surface area contributed by atoms with Gasteiger partial charge in [-0.1, -0.05) is 0 Å². The van der Waals surface area contributed by atoms with Crippen LogP contribution >= 0.6 is 0 Å². The normalized spacial score (nSPS) is 16.7. The van der Waals surface area contributed by atoms with Gasteiger partial charge in [-0.05, 0) is 98.2 Å². The molecule has 0 saturated heterocycles. The van der Waals surface area contributed by atoms with E-state index in [0.29, 0.717) is 0 Å². The zero-order chi connectivity index (χ0) is 26.6. The highest BCUT2D eigenvalue weighted by Crippen LogP contribution is 2.27. The quantitative estimate of drug-likeness (QED) is 0.266. The third kappa shape index (κ3) is 17.1. The highest BCUT2D eigenvalue weighted by Gasteiger charge is 2.45. The monoisotopic (exact) mass is 554 g/mol. The molecule has 7 nitrogen and oxygen atoms in total. The molecule has 12 heteroatoms. The SMILES string of the molecule is C[Si](C)(C)OC(=O)C[C@@H](O[Si](C)(C)C)[C@H](O[Si](C)(C)C)[C@H](O[Si](C)(C)C)C(=O)O[Si](C)(C)C. The standard InChI is InChI=1S/C21H50O7Si5/c1-29(2,3)24-17(16-18(22)25-30(4,5)6)19(26-31(7,8)9)20(27-32(10,11)12)21(23)28-33(13,14)15/h17,19-20H,16H2,1-15H3/t17-,19+,20+/m1/s1. The lowest BCUT2D eigenvalue weighted by molar-refractivity contribution is -0.155. The molecule has 3 atom stereocenters. The second kappa shape index (κ2) is 11.8. The van der Waals surface area contributed by atoms with Crippen LogP contribution in [0.2, 0.25) is 98.2 Å². The highest BCUT2D eigenvalue weighted by molar-refractivity contribution is 6.72. The van der Waals surface area contributed by atoms with Gasteiger partial charge in [0.05, 0.1) is 12.5 Å². The first-order valence-electron chi connectivity index (χ1n) is 11.8. The Labute approximate surface area is 207 Å². The number of carbonyl (C=O) groups is 2. The van der Waals surface area contributed by atoms with E-state index in [1.165, 1.54) is 0 Å². The molecule has 0 aromatic rings. The molecule has 0 aromatic heterocycles. The van der Waals surface area contributed by atoms with Crippen molar-refractivity contribution in [1.29, 1.82) is 0 Å². The topological polar surface area (TPSA) is 80.3 Å². The predicted octanol–water partition coefficient (Wildman–Crippen LogP) is 5.79. The first-order chi connectivity index (χ1) is 14.3. The number of carbonyl (C=O) groups excluding carboxylic acids is 2. The van der Waals surface area contributed by atoms with E-state index in [9.17, 15) is 9.59 Å². The first-order valence-corrected chi connectivity index (χ1v) is 28.8. The molecule has 196 valence electrons. The van der Waals surface area contributed by atoms with E-state index in [2.05, 4.69) is 39.3 Å². The van der Waals surface area contributed by atoms with Crippen LogP contribution in [0.5, 0.6) is 0 Å². The first kappa shape index (κ1) is 32.9. The summed E-state index contributed by atoms with van der Waals surface area (Å²) in [6.07, 6.45) is -2.37. The summed E-state index contributed by atoms with van der Waals surface area (Å²) < 4.78 is 31.1. The molecular weight excluding hydrogens is 505 g/mol. The maximum Gasteiger partial charge on any atom is 0.323 e. The third-order valence-corrected chi connectivity index (χ3v) is 8.17. The van der Waals surface area contributed by atoms with Crippen molar-refractivity contribution in [3.8, 4) is 0 Å². The minimum absolute atomic E-state index is 0.00940. The molecular formula is C21H50O7Si5. The maximum atomic E-state index is 13.4. The molecule has 0 saturated carbocycles. The van der Waals surface area contributed by atoms with Crippen molar-refractivity contribution in [2.45, 2.75) is 123 Å². The van der Waals surface area contributed by atoms with Crippen LogP contribution in [0, 0.1) is 0 Å². The molecule has 33 heavy (non-hydrogen) atoms. The molecule has 0 fully saturated rings. The smallest absolute Gasteiger partial charge is 0.323 e. The van der Waals surface area contributed by atoms with Crippen LogP contribution in [0.15, 0.2) is 0 Å². The molecule has 0 amide bonds. The van der Waals surface area contributed by atoms with E-state index < -0.39 is 65.9 Å². The van der Waals surface area contributed by atoms with Gasteiger partial charge < -0.3 is 22.1 Å². The van der Waals surface area contributed by atoms with Crippen molar-refractivity contribution in [2.75, 3.05) is 0 Å². The number of hydrogen-bond donors (Lipinski definition) is 0.